The van der Waals surface area contributed by atoms with E-state index in [2.05, 4.69) is 4.42 Å². The van der Waals surface area contributed by atoms with Gasteiger partial charge in [0.15, 0.2) is 0 Å². The molecule has 1 aromatic rings. The fourth-order valence-corrected chi connectivity index (χ4v) is 0.325. The van der Waals surface area contributed by atoms with Gasteiger partial charge in [-0.3, -0.25) is 0 Å². The average Bonchev–Trinajstić information content (AvgIpc) is 1.69. The zero-order valence-corrected chi connectivity index (χ0v) is 6.35. The van der Waals surface area contributed by atoms with Gasteiger partial charge in [-0.15, -0.1) is 0 Å². The molecule has 0 aliphatic rings. The van der Waals surface area contributed by atoms with Crippen molar-refractivity contribution in [3.63, 3.8) is 0 Å². The summed E-state index contributed by atoms with van der Waals surface area (Å²) in [6.07, 6.45) is 1.35. The third-order valence-corrected chi connectivity index (χ3v) is 0.606. The van der Waals surface area contributed by atoms with Crippen molar-refractivity contribution in [3.8, 4) is 0 Å². The van der Waals surface area contributed by atoms with Crippen LogP contribution in [-0.4, -0.2) is 0 Å². The van der Waals surface area contributed by atoms with Gasteiger partial charge < -0.3 is 4.42 Å². The van der Waals surface area contributed by atoms with Crippen molar-refractivity contribution in [2.75, 3.05) is 0 Å². The largest absolute Gasteiger partial charge is 0.431 e. The molecule has 0 unspecified atom stereocenters. The summed E-state index contributed by atoms with van der Waals surface area (Å²) in [5.74, 6) is 0. The van der Waals surface area contributed by atoms with E-state index >= 15 is 0 Å². The van der Waals surface area contributed by atoms with Crippen LogP contribution in [0.3, 0.4) is 0 Å². The van der Waals surface area contributed by atoms with Crippen LogP contribution in [-0.2, 0) is 20.1 Å². The van der Waals surface area contributed by atoms with Gasteiger partial charge >= 0.3 is 5.63 Å². The summed E-state index contributed by atoms with van der Waals surface area (Å²) < 4.78 is 4.37. The van der Waals surface area contributed by atoms with Crippen molar-refractivity contribution >= 4 is 0 Å². The van der Waals surface area contributed by atoms with Crippen molar-refractivity contribution in [1.29, 1.82) is 0 Å². The van der Waals surface area contributed by atoms with Gasteiger partial charge in [0.1, 0.15) is 0 Å². The summed E-state index contributed by atoms with van der Waals surface area (Å²) in [4.78, 5) is 10.1. The molecule has 0 atom stereocenters. The first-order valence-corrected chi connectivity index (χ1v) is 1.93. The van der Waals surface area contributed by atoms with Crippen LogP contribution in [0.25, 0.3) is 0 Å². The van der Waals surface area contributed by atoms with Crippen LogP contribution in [0.4, 0.5) is 0 Å². The fraction of sp³-hybridized carbons (Fsp3) is 0. The van der Waals surface area contributed by atoms with Gasteiger partial charge in [0.25, 0.3) is 0 Å². The van der Waals surface area contributed by atoms with Crippen molar-refractivity contribution in [2.24, 2.45) is 0 Å². The number of rotatable bonds is 0. The summed E-state index contributed by atoms with van der Waals surface area (Å²) >= 11 is 0. The predicted octanol–water partition coefficient (Wildman–Crippen LogP) is 0.637. The molecule has 8 heavy (non-hydrogen) atoms. The normalized spacial score (nSPS) is 7.50. The molecular weight excluding hydrogens is 284 g/mol. The molecule has 0 saturated heterocycles. The van der Waals surface area contributed by atoms with Gasteiger partial charge in [-0.05, 0) is 6.07 Å². The molecule has 0 fully saturated rings. The Morgan fingerprint density at radius 2 is 2.12 bits per heavy atom. The van der Waals surface area contributed by atoms with E-state index in [0.29, 0.717) is 0 Å². The van der Waals surface area contributed by atoms with E-state index < -0.39 is 0 Å². The van der Waals surface area contributed by atoms with E-state index in [-0.39, 0.29) is 25.7 Å². The molecule has 3 heteroatoms. The molecule has 1 radical (unpaired) electrons. The molecule has 45 valence electrons. The van der Waals surface area contributed by atoms with Crippen molar-refractivity contribution < 1.29 is 24.5 Å². The second kappa shape index (κ2) is 3.58. The molecule has 0 N–H and O–H groups in total. The third-order valence-electron chi connectivity index (χ3n) is 0.606. The Morgan fingerprint density at radius 3 is 2.38 bits per heavy atom. The topological polar surface area (TPSA) is 30.2 Å². The maximum atomic E-state index is 10.1. The van der Waals surface area contributed by atoms with Crippen molar-refractivity contribution in [1.82, 2.24) is 0 Å². The molecular formula is C5H4IrO2. The first-order chi connectivity index (χ1) is 3.39. The average molecular weight is 288 g/mol. The van der Waals surface area contributed by atoms with Gasteiger partial charge in [0.05, 0.1) is 6.26 Å². The van der Waals surface area contributed by atoms with E-state index in [1.165, 1.54) is 12.3 Å². The molecule has 0 amide bonds. The van der Waals surface area contributed by atoms with E-state index in [4.69, 9.17) is 0 Å². The van der Waals surface area contributed by atoms with Crippen LogP contribution in [0.1, 0.15) is 0 Å². The smallest absolute Gasteiger partial charge is 0.335 e. The summed E-state index contributed by atoms with van der Waals surface area (Å²) in [5, 5.41) is 0. The Hall–Kier alpha value is -0.401. The van der Waals surface area contributed by atoms with Gasteiger partial charge in [0.2, 0.25) is 0 Å². The summed E-state index contributed by atoms with van der Waals surface area (Å²) in [7, 11) is 0. The Morgan fingerprint density at radius 1 is 1.38 bits per heavy atom. The van der Waals surface area contributed by atoms with Crippen LogP contribution in [0.15, 0.2) is 33.7 Å². The molecule has 1 rings (SSSR count). The zero-order valence-electron chi connectivity index (χ0n) is 3.96. The van der Waals surface area contributed by atoms with E-state index in [9.17, 15) is 4.79 Å². The fourth-order valence-electron chi connectivity index (χ4n) is 0.325. The molecule has 1 heterocycles. The molecule has 2 nitrogen and oxygen atoms in total. The van der Waals surface area contributed by atoms with Gasteiger partial charge in [0, 0.05) is 26.2 Å². The van der Waals surface area contributed by atoms with Gasteiger partial charge in [-0.2, -0.15) is 0 Å². The zero-order chi connectivity index (χ0) is 5.11. The molecule has 1 aromatic heterocycles. The Balaban J connectivity index is 0.000000490. The molecule has 0 bridgehead atoms. The van der Waals surface area contributed by atoms with Crippen LogP contribution < -0.4 is 5.63 Å². The monoisotopic (exact) mass is 289 g/mol. The first kappa shape index (κ1) is 7.60. The van der Waals surface area contributed by atoms with E-state index in [1.807, 2.05) is 0 Å². The van der Waals surface area contributed by atoms with Gasteiger partial charge in [-0.1, -0.05) is 6.07 Å². The maximum Gasteiger partial charge on any atom is 0.335 e. The van der Waals surface area contributed by atoms with Crippen LogP contribution in [0, 0.1) is 0 Å². The quantitative estimate of drug-likeness (QED) is 0.701. The Kier molecular flexibility index (Phi) is 3.40. The molecule has 0 aliphatic heterocycles. The Bertz CT molecular complexity index is 176. The molecule has 0 aromatic carbocycles. The van der Waals surface area contributed by atoms with Gasteiger partial charge in [-0.25, -0.2) is 4.79 Å². The minimum absolute atomic E-state index is 0. The van der Waals surface area contributed by atoms with Crippen molar-refractivity contribution in [3.05, 3.63) is 34.9 Å². The standard InChI is InChI=1S/C5H4O2.Ir/c6-5-3-1-2-4-7-5;/h1-4H;. The first-order valence-electron chi connectivity index (χ1n) is 1.93. The Labute approximate surface area is 59.9 Å². The summed E-state index contributed by atoms with van der Waals surface area (Å²) in [6.45, 7) is 0. The molecule has 0 aliphatic carbocycles. The number of hydrogen-bond acceptors (Lipinski definition) is 2. The molecule has 0 saturated carbocycles. The summed E-state index contributed by atoms with van der Waals surface area (Å²) in [5.41, 5.74) is -0.303. The van der Waals surface area contributed by atoms with E-state index in [0.717, 1.165) is 0 Å². The van der Waals surface area contributed by atoms with Crippen molar-refractivity contribution in [2.45, 2.75) is 0 Å². The third kappa shape index (κ3) is 2.05. The SMILES string of the molecule is O=c1cccco1.[Ir]. The summed E-state index contributed by atoms with van der Waals surface area (Å²) in [6, 6.07) is 4.65. The minimum Gasteiger partial charge on any atom is -0.431 e. The predicted molar refractivity (Wildman–Crippen MR) is 25.0 cm³/mol. The van der Waals surface area contributed by atoms with Crippen LogP contribution in [0.5, 0.6) is 0 Å². The number of hydrogen-bond donors (Lipinski definition) is 0. The van der Waals surface area contributed by atoms with Crippen LogP contribution in [0.2, 0.25) is 0 Å². The maximum absolute atomic E-state index is 10.1. The second-order valence-corrected chi connectivity index (χ2v) is 1.12. The van der Waals surface area contributed by atoms with Crippen LogP contribution >= 0.6 is 0 Å². The second-order valence-electron chi connectivity index (χ2n) is 1.12. The molecule has 0 spiro atoms. The minimum atomic E-state index is -0.303. The van der Waals surface area contributed by atoms with E-state index in [1.54, 1.807) is 12.1 Å².